The highest BCUT2D eigenvalue weighted by Crippen LogP contribution is 2.48. The van der Waals surface area contributed by atoms with E-state index in [2.05, 4.69) is 0 Å². The van der Waals surface area contributed by atoms with Crippen LogP contribution in [-0.4, -0.2) is 6.09 Å². The van der Waals surface area contributed by atoms with E-state index in [0.717, 1.165) is 23.3 Å². The Kier molecular flexibility index (Phi) is 4.01. The first-order chi connectivity index (χ1) is 11.6. The van der Waals surface area contributed by atoms with Gasteiger partial charge in [0.25, 0.3) is 0 Å². The Morgan fingerprint density at radius 1 is 1.16 bits per heavy atom. The van der Waals surface area contributed by atoms with Crippen molar-refractivity contribution < 1.29 is 22.7 Å². The molecule has 6 heteroatoms. The van der Waals surface area contributed by atoms with Crippen LogP contribution in [0.15, 0.2) is 42.5 Å². The van der Waals surface area contributed by atoms with Crippen LogP contribution in [0, 0.1) is 5.41 Å². The second kappa shape index (κ2) is 5.79. The molecule has 0 spiro atoms. The zero-order valence-corrected chi connectivity index (χ0v) is 13.9. The van der Waals surface area contributed by atoms with E-state index in [1.807, 2.05) is 19.9 Å². The predicted octanol–water partition coefficient (Wildman–Crippen LogP) is 5.09. The number of fused-ring (bicyclic) bond motifs is 1. The van der Waals surface area contributed by atoms with Gasteiger partial charge in [0.05, 0.1) is 5.56 Å². The third-order valence-electron chi connectivity index (χ3n) is 4.54. The lowest BCUT2D eigenvalue weighted by atomic mass is 9.87. The zero-order chi connectivity index (χ0) is 18.4. The Morgan fingerprint density at radius 3 is 2.48 bits per heavy atom. The Hall–Kier alpha value is -2.50. The summed E-state index contributed by atoms with van der Waals surface area (Å²) in [5, 5.41) is 0. The molecule has 0 saturated heterocycles. The first-order valence-electron chi connectivity index (χ1n) is 7.84. The molecule has 0 heterocycles. The number of hydrogen-bond acceptors (Lipinski definition) is 2. The van der Waals surface area contributed by atoms with Crippen molar-refractivity contribution in [3.63, 3.8) is 0 Å². The van der Waals surface area contributed by atoms with Crippen LogP contribution in [0.3, 0.4) is 0 Å². The number of ether oxygens (including phenoxy) is 1. The molecule has 1 atom stereocenters. The maximum atomic E-state index is 12.9. The van der Waals surface area contributed by atoms with Gasteiger partial charge in [-0.15, -0.1) is 0 Å². The highest BCUT2D eigenvalue weighted by Gasteiger charge is 2.41. The molecule has 1 unspecified atom stereocenters. The van der Waals surface area contributed by atoms with Gasteiger partial charge in [-0.25, -0.2) is 4.79 Å². The van der Waals surface area contributed by atoms with Crippen LogP contribution in [0.5, 0.6) is 0 Å². The number of carbonyl (C=O) groups excluding carboxylic acids is 1. The fourth-order valence-electron chi connectivity index (χ4n) is 3.40. The van der Waals surface area contributed by atoms with Gasteiger partial charge in [0.1, 0.15) is 6.10 Å². The summed E-state index contributed by atoms with van der Waals surface area (Å²) in [6.45, 7) is 3.93. The third kappa shape index (κ3) is 3.34. The number of benzene rings is 2. The lowest BCUT2D eigenvalue weighted by molar-refractivity contribution is -0.137. The van der Waals surface area contributed by atoms with Crippen molar-refractivity contribution in [1.82, 2.24) is 0 Å². The van der Waals surface area contributed by atoms with Gasteiger partial charge >= 0.3 is 12.3 Å². The fraction of sp³-hybridized carbons (Fsp3) is 0.316. The van der Waals surface area contributed by atoms with Crippen molar-refractivity contribution in [2.24, 2.45) is 11.1 Å². The van der Waals surface area contributed by atoms with E-state index in [0.29, 0.717) is 17.5 Å². The minimum Gasteiger partial charge on any atom is -0.441 e. The molecule has 25 heavy (non-hydrogen) atoms. The van der Waals surface area contributed by atoms with Crippen LogP contribution in [0.1, 0.15) is 36.6 Å². The van der Waals surface area contributed by atoms with E-state index in [1.165, 1.54) is 6.07 Å². The number of alkyl halides is 3. The highest BCUT2D eigenvalue weighted by molar-refractivity contribution is 5.68. The molecular formula is C19H18F3NO2. The van der Waals surface area contributed by atoms with Gasteiger partial charge in [-0.05, 0) is 46.9 Å². The lowest BCUT2D eigenvalue weighted by Gasteiger charge is -2.26. The van der Waals surface area contributed by atoms with E-state index in [9.17, 15) is 18.0 Å². The van der Waals surface area contributed by atoms with Crippen LogP contribution in [0.4, 0.5) is 18.0 Å². The molecule has 132 valence electrons. The SMILES string of the molecule is CC1(C)Cc2ccc(-c3cccc(C(F)(F)F)c3)cc2C1OC(N)=O. The Labute approximate surface area is 143 Å². The molecule has 0 radical (unpaired) electrons. The molecule has 2 aromatic rings. The molecular weight excluding hydrogens is 331 g/mol. The standard InChI is InChI=1S/C19H18F3NO2/c1-18(2)10-13-7-6-12(9-15(13)16(18)25-17(23)24)11-4-3-5-14(8-11)19(20,21)22/h3-9,16H,10H2,1-2H3,(H2,23,24). The molecule has 3 rings (SSSR count). The summed E-state index contributed by atoms with van der Waals surface area (Å²) < 4.78 is 44.1. The van der Waals surface area contributed by atoms with Crippen molar-refractivity contribution in [3.8, 4) is 11.1 Å². The first-order valence-corrected chi connectivity index (χ1v) is 7.84. The van der Waals surface area contributed by atoms with Crippen LogP contribution in [-0.2, 0) is 17.3 Å². The van der Waals surface area contributed by atoms with E-state index in [-0.39, 0.29) is 5.41 Å². The number of primary amides is 1. The van der Waals surface area contributed by atoms with Gasteiger partial charge in [-0.3, -0.25) is 0 Å². The van der Waals surface area contributed by atoms with Crippen molar-refractivity contribution in [3.05, 3.63) is 59.2 Å². The molecule has 0 fully saturated rings. The van der Waals surface area contributed by atoms with Gasteiger partial charge in [0.2, 0.25) is 0 Å². The number of hydrogen-bond donors (Lipinski definition) is 1. The highest BCUT2D eigenvalue weighted by atomic mass is 19.4. The van der Waals surface area contributed by atoms with Crippen LogP contribution in [0.25, 0.3) is 11.1 Å². The summed E-state index contributed by atoms with van der Waals surface area (Å²) in [7, 11) is 0. The third-order valence-corrected chi connectivity index (χ3v) is 4.54. The summed E-state index contributed by atoms with van der Waals surface area (Å²) >= 11 is 0. The molecule has 2 aromatic carbocycles. The van der Waals surface area contributed by atoms with Crippen LogP contribution in [0.2, 0.25) is 0 Å². The quantitative estimate of drug-likeness (QED) is 0.821. The molecule has 0 bridgehead atoms. The van der Waals surface area contributed by atoms with Gasteiger partial charge in [0.15, 0.2) is 0 Å². The molecule has 1 amide bonds. The second-order valence-corrected chi connectivity index (χ2v) is 6.97. The second-order valence-electron chi connectivity index (χ2n) is 6.97. The number of carbonyl (C=O) groups is 1. The molecule has 1 aliphatic carbocycles. The number of rotatable bonds is 2. The fourth-order valence-corrected chi connectivity index (χ4v) is 3.40. The van der Waals surface area contributed by atoms with Gasteiger partial charge in [0, 0.05) is 5.41 Å². The number of halogens is 3. The Balaban J connectivity index is 2.04. The average molecular weight is 349 g/mol. The van der Waals surface area contributed by atoms with E-state index in [4.69, 9.17) is 10.5 Å². The van der Waals surface area contributed by atoms with E-state index < -0.39 is 23.9 Å². The number of amides is 1. The van der Waals surface area contributed by atoms with E-state index >= 15 is 0 Å². The molecule has 3 nitrogen and oxygen atoms in total. The molecule has 0 aromatic heterocycles. The topological polar surface area (TPSA) is 52.3 Å². The van der Waals surface area contributed by atoms with Crippen molar-refractivity contribution in [2.45, 2.75) is 32.5 Å². The minimum atomic E-state index is -4.40. The largest absolute Gasteiger partial charge is 0.441 e. The van der Waals surface area contributed by atoms with Crippen LogP contribution < -0.4 is 5.73 Å². The van der Waals surface area contributed by atoms with Crippen molar-refractivity contribution in [2.75, 3.05) is 0 Å². The molecule has 0 saturated carbocycles. The van der Waals surface area contributed by atoms with Gasteiger partial charge in [-0.1, -0.05) is 38.1 Å². The zero-order valence-electron chi connectivity index (χ0n) is 13.9. The molecule has 2 N–H and O–H groups in total. The maximum Gasteiger partial charge on any atom is 0.416 e. The Morgan fingerprint density at radius 2 is 1.84 bits per heavy atom. The lowest BCUT2D eigenvalue weighted by Crippen LogP contribution is -2.25. The molecule has 0 aliphatic heterocycles. The first kappa shape index (κ1) is 17.3. The predicted molar refractivity (Wildman–Crippen MR) is 87.8 cm³/mol. The van der Waals surface area contributed by atoms with Crippen molar-refractivity contribution >= 4 is 6.09 Å². The monoisotopic (exact) mass is 349 g/mol. The van der Waals surface area contributed by atoms with Gasteiger partial charge < -0.3 is 10.5 Å². The summed E-state index contributed by atoms with van der Waals surface area (Å²) in [5.74, 6) is 0. The normalized spacial score (nSPS) is 18.7. The smallest absolute Gasteiger partial charge is 0.416 e. The van der Waals surface area contributed by atoms with Gasteiger partial charge in [-0.2, -0.15) is 13.2 Å². The Bertz CT molecular complexity index is 828. The maximum absolute atomic E-state index is 12.9. The average Bonchev–Trinajstić information content (AvgIpc) is 2.76. The summed E-state index contributed by atoms with van der Waals surface area (Å²) in [4.78, 5) is 11.2. The summed E-state index contributed by atoms with van der Waals surface area (Å²) in [5.41, 5.74) is 7.05. The summed E-state index contributed by atoms with van der Waals surface area (Å²) in [6, 6.07) is 10.6. The van der Waals surface area contributed by atoms with Crippen LogP contribution >= 0.6 is 0 Å². The van der Waals surface area contributed by atoms with Crippen molar-refractivity contribution in [1.29, 1.82) is 0 Å². The number of nitrogens with two attached hydrogens (primary N) is 1. The minimum absolute atomic E-state index is 0.330. The molecule has 1 aliphatic rings. The van der Waals surface area contributed by atoms with E-state index in [1.54, 1.807) is 18.2 Å². The summed E-state index contributed by atoms with van der Waals surface area (Å²) in [6.07, 6.45) is -5.09.